The second-order valence-electron chi connectivity index (χ2n) is 9.39. The molecule has 0 bridgehead atoms. The highest BCUT2D eigenvalue weighted by molar-refractivity contribution is 6.33. The summed E-state index contributed by atoms with van der Waals surface area (Å²) in [5.41, 5.74) is 3.97. The lowest BCUT2D eigenvalue weighted by Crippen LogP contribution is -2.25. The lowest BCUT2D eigenvalue weighted by molar-refractivity contribution is 0.262. The van der Waals surface area contributed by atoms with Gasteiger partial charge >= 0.3 is 6.03 Å². The van der Waals surface area contributed by atoms with Crippen LogP contribution in [0.15, 0.2) is 83.9 Å². The molecule has 41 heavy (non-hydrogen) atoms. The highest BCUT2D eigenvalue weighted by atomic mass is 35.5. The Morgan fingerprint density at radius 3 is 2.37 bits per heavy atom. The second kappa shape index (κ2) is 12.3. The molecule has 1 aliphatic rings. The molecule has 0 radical (unpaired) electrons. The molecule has 0 aliphatic carbocycles. The molecule has 5 rings (SSSR count). The molecule has 1 unspecified atom stereocenters. The lowest BCUT2D eigenvalue weighted by atomic mass is 9.86. The van der Waals surface area contributed by atoms with E-state index in [1.165, 1.54) is 12.1 Å². The third kappa shape index (κ3) is 6.41. The summed E-state index contributed by atoms with van der Waals surface area (Å²) in [6.07, 6.45) is 0.649. The van der Waals surface area contributed by atoms with Gasteiger partial charge in [0.05, 0.1) is 30.6 Å². The number of anilines is 3. The number of fused-ring (bicyclic) bond motifs is 1. The van der Waals surface area contributed by atoms with Crippen molar-refractivity contribution in [3.8, 4) is 11.5 Å². The van der Waals surface area contributed by atoms with E-state index in [0.29, 0.717) is 46.7 Å². The van der Waals surface area contributed by atoms with Gasteiger partial charge in [-0.1, -0.05) is 35.9 Å². The van der Waals surface area contributed by atoms with E-state index in [1.54, 1.807) is 44.6 Å². The number of halogens is 3. The average molecular weight is 577 g/mol. The van der Waals surface area contributed by atoms with Crippen molar-refractivity contribution in [2.75, 3.05) is 36.7 Å². The van der Waals surface area contributed by atoms with Crippen LogP contribution >= 0.6 is 11.6 Å². The van der Waals surface area contributed by atoms with Crippen molar-refractivity contribution >= 4 is 40.5 Å². The minimum absolute atomic E-state index is 0.0178. The Morgan fingerprint density at radius 2 is 1.66 bits per heavy atom. The number of amidine groups is 1. The predicted molar refractivity (Wildman–Crippen MR) is 158 cm³/mol. The standard InChI is InChI=1S/C31H27ClF2N4O3/c1-40-28-15-22-19(13-18-7-10-21(11-8-18)36-31(39)38-26-6-4-3-5-24(26)32)17-35-30(23(22)16-29(28)41-2)37-27-12-9-20(33)14-25(27)34/h3-12,14-16,19H,13,17H2,1-2H3,(H,35,37)(H2,36,38,39). The molecule has 0 saturated heterocycles. The van der Waals surface area contributed by atoms with E-state index < -0.39 is 17.7 Å². The van der Waals surface area contributed by atoms with E-state index in [2.05, 4.69) is 16.0 Å². The number of aliphatic imine (C=N–C) groups is 1. The molecule has 7 nitrogen and oxygen atoms in total. The number of ether oxygens (including phenoxy) is 2. The molecule has 0 aromatic heterocycles. The topological polar surface area (TPSA) is 84.0 Å². The summed E-state index contributed by atoms with van der Waals surface area (Å²) in [6, 6.07) is 21.2. The quantitative estimate of drug-likeness (QED) is 0.213. The summed E-state index contributed by atoms with van der Waals surface area (Å²) in [6.45, 7) is 0.424. The van der Waals surface area contributed by atoms with Gasteiger partial charge in [-0.2, -0.15) is 0 Å². The Kier molecular flexibility index (Phi) is 8.35. The van der Waals surface area contributed by atoms with Crippen LogP contribution in [0.25, 0.3) is 0 Å². The number of nitrogens with one attached hydrogen (secondary N) is 3. The van der Waals surface area contributed by atoms with Crippen LogP contribution in [-0.2, 0) is 6.42 Å². The minimum Gasteiger partial charge on any atom is -0.493 e. The number of amides is 2. The minimum atomic E-state index is -0.717. The van der Waals surface area contributed by atoms with E-state index in [0.717, 1.165) is 22.8 Å². The van der Waals surface area contributed by atoms with E-state index >= 15 is 0 Å². The van der Waals surface area contributed by atoms with Crippen molar-refractivity contribution in [3.63, 3.8) is 0 Å². The first-order valence-corrected chi connectivity index (χ1v) is 13.2. The van der Waals surface area contributed by atoms with Crippen LogP contribution in [0.1, 0.15) is 22.6 Å². The number of rotatable bonds is 7. The first-order valence-electron chi connectivity index (χ1n) is 12.8. The predicted octanol–water partition coefficient (Wildman–Crippen LogP) is 7.48. The summed E-state index contributed by atoms with van der Waals surface area (Å²) in [5.74, 6) is 0.127. The van der Waals surface area contributed by atoms with Crippen LogP contribution in [0.5, 0.6) is 11.5 Å². The zero-order valence-electron chi connectivity index (χ0n) is 22.3. The Bertz CT molecular complexity index is 1610. The van der Waals surface area contributed by atoms with E-state index in [9.17, 15) is 13.6 Å². The van der Waals surface area contributed by atoms with E-state index in [-0.39, 0.29) is 11.6 Å². The smallest absolute Gasteiger partial charge is 0.323 e. The Hall–Kier alpha value is -4.63. The van der Waals surface area contributed by atoms with Gasteiger partial charge in [0.2, 0.25) is 0 Å². The third-order valence-electron chi connectivity index (χ3n) is 6.72. The number of hydrogen-bond donors (Lipinski definition) is 3. The third-order valence-corrected chi connectivity index (χ3v) is 7.05. The number of nitrogens with zero attached hydrogens (tertiary/aromatic N) is 1. The highest BCUT2D eigenvalue weighted by Crippen LogP contribution is 2.38. The fraction of sp³-hybridized carbons (Fsp3) is 0.161. The van der Waals surface area contributed by atoms with Crippen LogP contribution in [0.4, 0.5) is 30.6 Å². The van der Waals surface area contributed by atoms with Crippen molar-refractivity contribution in [2.24, 2.45) is 4.99 Å². The number of urea groups is 1. The number of carbonyl (C=O) groups is 1. The zero-order chi connectivity index (χ0) is 28.9. The number of carbonyl (C=O) groups excluding carboxylic acids is 1. The Morgan fingerprint density at radius 1 is 0.927 bits per heavy atom. The van der Waals surface area contributed by atoms with Gasteiger partial charge in [-0.25, -0.2) is 13.6 Å². The molecule has 0 spiro atoms. The maximum absolute atomic E-state index is 14.4. The van der Waals surface area contributed by atoms with Gasteiger partial charge in [-0.15, -0.1) is 0 Å². The molecule has 1 aliphatic heterocycles. The van der Waals surface area contributed by atoms with Crippen molar-refractivity contribution < 1.29 is 23.0 Å². The van der Waals surface area contributed by atoms with Crippen LogP contribution in [0.3, 0.4) is 0 Å². The molecule has 4 aromatic carbocycles. The highest BCUT2D eigenvalue weighted by Gasteiger charge is 2.27. The van der Waals surface area contributed by atoms with Gasteiger partial charge in [-0.3, -0.25) is 4.99 Å². The normalized spacial score (nSPS) is 14.0. The molecule has 0 fully saturated rings. The van der Waals surface area contributed by atoms with Crippen LogP contribution in [-0.4, -0.2) is 32.6 Å². The van der Waals surface area contributed by atoms with Gasteiger partial charge in [0.1, 0.15) is 17.5 Å². The molecule has 3 N–H and O–H groups in total. The summed E-state index contributed by atoms with van der Waals surface area (Å²) in [5, 5.41) is 8.99. The fourth-order valence-electron chi connectivity index (χ4n) is 4.68. The first-order chi connectivity index (χ1) is 19.8. The molecular formula is C31H27ClF2N4O3. The summed E-state index contributed by atoms with van der Waals surface area (Å²) < 4.78 is 38.9. The lowest BCUT2D eigenvalue weighted by Gasteiger charge is -2.27. The molecule has 0 saturated carbocycles. The first kappa shape index (κ1) is 27.9. The monoisotopic (exact) mass is 576 g/mol. The van der Waals surface area contributed by atoms with E-state index in [1.807, 2.05) is 30.3 Å². The van der Waals surface area contributed by atoms with Gasteiger partial charge in [0.15, 0.2) is 11.5 Å². The molecule has 1 atom stereocenters. The zero-order valence-corrected chi connectivity index (χ0v) is 23.1. The van der Waals surface area contributed by atoms with Crippen molar-refractivity contribution in [1.82, 2.24) is 0 Å². The molecule has 4 aromatic rings. The van der Waals surface area contributed by atoms with Crippen molar-refractivity contribution in [3.05, 3.63) is 112 Å². The van der Waals surface area contributed by atoms with Crippen molar-refractivity contribution in [1.29, 1.82) is 0 Å². The number of benzene rings is 4. The van der Waals surface area contributed by atoms with Gasteiger partial charge in [0.25, 0.3) is 0 Å². The van der Waals surface area contributed by atoms with Crippen LogP contribution in [0, 0.1) is 11.6 Å². The summed E-state index contributed by atoms with van der Waals surface area (Å²) in [4.78, 5) is 17.1. The number of para-hydroxylation sites is 1. The maximum atomic E-state index is 14.4. The summed E-state index contributed by atoms with van der Waals surface area (Å²) >= 11 is 6.12. The van der Waals surface area contributed by atoms with Gasteiger partial charge < -0.3 is 25.4 Å². The number of methoxy groups -OCH3 is 2. The van der Waals surface area contributed by atoms with Crippen LogP contribution < -0.4 is 25.4 Å². The molecule has 10 heteroatoms. The number of hydrogen-bond acceptors (Lipinski definition) is 5. The van der Waals surface area contributed by atoms with E-state index in [4.69, 9.17) is 26.1 Å². The molecule has 2 amide bonds. The average Bonchev–Trinajstić information content (AvgIpc) is 2.97. The van der Waals surface area contributed by atoms with Crippen molar-refractivity contribution in [2.45, 2.75) is 12.3 Å². The maximum Gasteiger partial charge on any atom is 0.323 e. The fourth-order valence-corrected chi connectivity index (χ4v) is 4.86. The molecular weight excluding hydrogens is 550 g/mol. The molecule has 1 heterocycles. The Labute approximate surface area is 241 Å². The SMILES string of the molecule is COc1cc2c(cc1OC)C(Cc1ccc(NC(=O)Nc3ccccc3Cl)cc1)CN=C2Nc1ccc(F)cc1F. The van der Waals surface area contributed by atoms with Gasteiger partial charge in [-0.05, 0) is 66.1 Å². The Balaban J connectivity index is 1.34. The van der Waals surface area contributed by atoms with Gasteiger partial charge in [0, 0.05) is 29.8 Å². The largest absolute Gasteiger partial charge is 0.493 e. The van der Waals surface area contributed by atoms with Crippen LogP contribution in [0.2, 0.25) is 5.02 Å². The summed E-state index contributed by atoms with van der Waals surface area (Å²) in [7, 11) is 3.11. The second-order valence-corrected chi connectivity index (χ2v) is 9.80. The molecule has 210 valence electrons.